The molecule has 5 heteroatoms. The maximum absolute atomic E-state index is 11.0. The molecule has 0 heterocycles. The molecule has 0 rings (SSSR count). The molecule has 0 aromatic carbocycles. The van der Waals surface area contributed by atoms with E-state index in [-0.39, 0.29) is 17.9 Å². The smallest absolute Gasteiger partial charge is 0.331 e. The molecule has 0 bridgehead atoms. The highest BCUT2D eigenvalue weighted by Gasteiger charge is 2.08. The molecule has 0 radical (unpaired) electrons. The molecule has 2 N–H and O–H groups in total. The number of carboxylic acids is 1. The Labute approximate surface area is 80.4 Å². The molecule has 74 valence electrons. The van der Waals surface area contributed by atoms with E-state index in [0.29, 0.717) is 6.54 Å². The molecule has 0 saturated heterocycles. The average Bonchev–Trinajstić information content (AvgIpc) is 2.04. The first kappa shape index (κ1) is 11.9. The molecule has 0 aromatic heterocycles. The van der Waals surface area contributed by atoms with Crippen LogP contribution in [0.2, 0.25) is 6.04 Å². The van der Waals surface area contributed by atoms with Crippen LogP contribution in [0.25, 0.3) is 0 Å². The number of hydrogen-bond donors (Lipinski definition) is 2. The fourth-order valence-corrected chi connectivity index (χ4v) is 1.09. The van der Waals surface area contributed by atoms with Gasteiger partial charge in [0.05, 0.1) is 6.42 Å². The largest absolute Gasteiger partial charge is 0.478 e. The zero-order valence-corrected chi connectivity index (χ0v) is 9.80. The topological polar surface area (TPSA) is 66.4 Å². The molecule has 0 fully saturated rings. The summed E-state index contributed by atoms with van der Waals surface area (Å²) in [4.78, 5) is 21.3. The lowest BCUT2D eigenvalue weighted by molar-refractivity contribution is -0.134. The van der Waals surface area contributed by atoms with Gasteiger partial charge in [-0.15, -0.1) is 0 Å². The minimum absolute atomic E-state index is 0.0663. The van der Waals surface area contributed by atoms with Crippen LogP contribution in [0, 0.1) is 0 Å². The number of carboxylic acid groups (broad SMARTS) is 1. The molecule has 13 heavy (non-hydrogen) atoms. The SMILES string of the molecule is C=C(CC(=O)NCCC[SiH3])C(=O)O. The van der Waals surface area contributed by atoms with Crippen molar-refractivity contribution < 1.29 is 14.7 Å². The van der Waals surface area contributed by atoms with Gasteiger partial charge in [0.15, 0.2) is 0 Å². The Bertz CT molecular complexity index is 215. The summed E-state index contributed by atoms with van der Waals surface area (Å²) in [5, 5.41) is 11.1. The Kier molecular flexibility index (Phi) is 5.87. The molecule has 0 aliphatic carbocycles. The second-order valence-electron chi connectivity index (χ2n) is 2.79. The summed E-state index contributed by atoms with van der Waals surface area (Å²) in [6.45, 7) is 3.90. The van der Waals surface area contributed by atoms with Gasteiger partial charge in [0.25, 0.3) is 0 Å². The third kappa shape index (κ3) is 6.09. The van der Waals surface area contributed by atoms with Crippen LogP contribution in [0.15, 0.2) is 12.2 Å². The summed E-state index contributed by atoms with van der Waals surface area (Å²) >= 11 is 0. The molecule has 0 aliphatic heterocycles. The number of amides is 1. The molecule has 0 aromatic rings. The van der Waals surface area contributed by atoms with Crippen molar-refractivity contribution in [2.45, 2.75) is 18.9 Å². The standard InChI is InChI=1S/C8H15NO3Si/c1-6(8(11)12)5-7(10)9-3-2-4-13/h1-5H2,13H3,(H,9,10)(H,11,12). The lowest BCUT2D eigenvalue weighted by Gasteiger charge is -2.03. The van der Waals surface area contributed by atoms with Gasteiger partial charge in [-0.05, 0) is 6.42 Å². The van der Waals surface area contributed by atoms with E-state index in [0.717, 1.165) is 22.7 Å². The summed E-state index contributed by atoms with van der Waals surface area (Å²) < 4.78 is 0. The third-order valence-corrected chi connectivity index (χ3v) is 2.24. The molecule has 4 nitrogen and oxygen atoms in total. The molecule has 0 atom stereocenters. The van der Waals surface area contributed by atoms with Crippen LogP contribution in [0.5, 0.6) is 0 Å². The van der Waals surface area contributed by atoms with Crippen molar-refractivity contribution in [1.82, 2.24) is 5.32 Å². The fourth-order valence-electron chi connectivity index (χ4n) is 0.737. The third-order valence-electron chi connectivity index (χ3n) is 1.53. The summed E-state index contributed by atoms with van der Waals surface area (Å²) in [7, 11) is 1.13. The van der Waals surface area contributed by atoms with Gasteiger partial charge >= 0.3 is 5.97 Å². The number of carbonyl (C=O) groups excluding carboxylic acids is 1. The van der Waals surface area contributed by atoms with E-state index < -0.39 is 5.97 Å². The van der Waals surface area contributed by atoms with Crippen molar-refractivity contribution in [3.05, 3.63) is 12.2 Å². The molecular weight excluding hydrogens is 186 g/mol. The van der Waals surface area contributed by atoms with Gasteiger partial charge in [-0.2, -0.15) is 0 Å². The summed E-state index contributed by atoms with van der Waals surface area (Å²) in [5.41, 5.74) is -0.0663. The molecule has 0 aliphatic rings. The minimum atomic E-state index is -1.11. The first-order chi connectivity index (χ1) is 6.07. The van der Waals surface area contributed by atoms with Crippen molar-refractivity contribution in [2.75, 3.05) is 6.54 Å². The number of aliphatic carboxylic acids is 1. The number of carbonyl (C=O) groups is 2. The summed E-state index contributed by atoms with van der Waals surface area (Å²) in [6.07, 6.45) is 0.855. The number of hydrogen-bond acceptors (Lipinski definition) is 2. The van der Waals surface area contributed by atoms with Crippen molar-refractivity contribution in [1.29, 1.82) is 0 Å². The van der Waals surface area contributed by atoms with Gasteiger partial charge in [-0.3, -0.25) is 4.79 Å². The second kappa shape index (κ2) is 6.42. The van der Waals surface area contributed by atoms with Crippen LogP contribution >= 0.6 is 0 Å². The molecule has 1 amide bonds. The predicted octanol–water partition coefficient (Wildman–Crippen LogP) is -0.693. The highest BCUT2D eigenvalue weighted by atomic mass is 28.1. The Morgan fingerprint density at radius 2 is 2.08 bits per heavy atom. The maximum atomic E-state index is 11.0. The van der Waals surface area contributed by atoms with E-state index in [1.165, 1.54) is 0 Å². The molecule has 0 spiro atoms. The van der Waals surface area contributed by atoms with Crippen molar-refractivity contribution >= 4 is 22.1 Å². The Morgan fingerprint density at radius 1 is 1.46 bits per heavy atom. The van der Waals surface area contributed by atoms with Gasteiger partial charge in [0.1, 0.15) is 0 Å². The predicted molar refractivity (Wildman–Crippen MR) is 53.8 cm³/mol. The Morgan fingerprint density at radius 3 is 2.54 bits per heavy atom. The van der Waals surface area contributed by atoms with Gasteiger partial charge in [0, 0.05) is 22.4 Å². The van der Waals surface area contributed by atoms with Crippen LogP contribution in [-0.4, -0.2) is 33.8 Å². The van der Waals surface area contributed by atoms with Crippen molar-refractivity contribution in [3.8, 4) is 0 Å². The van der Waals surface area contributed by atoms with Gasteiger partial charge in [0.2, 0.25) is 5.91 Å². The summed E-state index contributed by atoms with van der Waals surface area (Å²) in [6, 6.07) is 1.14. The van der Waals surface area contributed by atoms with E-state index >= 15 is 0 Å². The van der Waals surface area contributed by atoms with Gasteiger partial charge in [-0.25, -0.2) is 4.79 Å². The van der Waals surface area contributed by atoms with Crippen LogP contribution in [0.4, 0.5) is 0 Å². The molecular formula is C8H15NO3Si. The van der Waals surface area contributed by atoms with Crippen LogP contribution < -0.4 is 5.32 Å². The van der Waals surface area contributed by atoms with Crippen molar-refractivity contribution in [2.24, 2.45) is 0 Å². The molecule has 0 saturated carbocycles. The quantitative estimate of drug-likeness (QED) is 0.339. The number of nitrogens with one attached hydrogen (secondary N) is 1. The highest BCUT2D eigenvalue weighted by molar-refractivity contribution is 6.08. The monoisotopic (exact) mass is 201 g/mol. The van der Waals surface area contributed by atoms with E-state index in [1.807, 2.05) is 0 Å². The van der Waals surface area contributed by atoms with Crippen LogP contribution in [0.3, 0.4) is 0 Å². The lowest BCUT2D eigenvalue weighted by Crippen LogP contribution is -2.25. The Balaban J connectivity index is 3.62. The van der Waals surface area contributed by atoms with Gasteiger partial charge in [-0.1, -0.05) is 12.6 Å². The van der Waals surface area contributed by atoms with E-state index in [9.17, 15) is 9.59 Å². The first-order valence-corrected chi connectivity index (χ1v) is 5.67. The average molecular weight is 201 g/mol. The van der Waals surface area contributed by atoms with Crippen molar-refractivity contribution in [3.63, 3.8) is 0 Å². The zero-order valence-electron chi connectivity index (χ0n) is 7.80. The lowest BCUT2D eigenvalue weighted by atomic mass is 10.2. The number of rotatable bonds is 6. The summed E-state index contributed by atoms with van der Waals surface area (Å²) in [5.74, 6) is -1.37. The maximum Gasteiger partial charge on any atom is 0.331 e. The van der Waals surface area contributed by atoms with Gasteiger partial charge < -0.3 is 10.4 Å². The minimum Gasteiger partial charge on any atom is -0.478 e. The van der Waals surface area contributed by atoms with Crippen LogP contribution in [0.1, 0.15) is 12.8 Å². The fraction of sp³-hybridized carbons (Fsp3) is 0.500. The Hall–Kier alpha value is -1.10. The van der Waals surface area contributed by atoms with E-state index in [2.05, 4.69) is 11.9 Å². The first-order valence-electron chi connectivity index (χ1n) is 4.25. The van der Waals surface area contributed by atoms with E-state index in [4.69, 9.17) is 5.11 Å². The normalized spacial score (nSPS) is 9.54. The molecule has 0 unspecified atom stereocenters. The zero-order chi connectivity index (χ0) is 10.3. The van der Waals surface area contributed by atoms with E-state index in [1.54, 1.807) is 0 Å². The van der Waals surface area contributed by atoms with Crippen LogP contribution in [-0.2, 0) is 9.59 Å². The highest BCUT2D eigenvalue weighted by Crippen LogP contribution is 1.97. The second-order valence-corrected chi connectivity index (χ2v) is 3.79.